The Morgan fingerprint density at radius 1 is 1.06 bits per heavy atom. The molecule has 0 saturated carbocycles. The van der Waals surface area contributed by atoms with Crippen LogP contribution in [0.5, 0.6) is 0 Å². The molecule has 1 saturated heterocycles. The molecule has 3 aromatic heterocycles. The van der Waals surface area contributed by atoms with Crippen molar-refractivity contribution in [2.75, 3.05) is 18.0 Å². The van der Waals surface area contributed by atoms with E-state index in [2.05, 4.69) is 10.1 Å². The van der Waals surface area contributed by atoms with Gasteiger partial charge in [0.15, 0.2) is 5.65 Å². The maximum absolute atomic E-state index is 14.8. The number of nitrogens with zero attached hydrogens (tertiary/aromatic N) is 6. The molecule has 170 valence electrons. The summed E-state index contributed by atoms with van der Waals surface area (Å²) >= 11 is 0. The lowest BCUT2D eigenvalue weighted by Crippen LogP contribution is -2.43. The first-order valence-corrected chi connectivity index (χ1v) is 10.8. The molecule has 0 N–H and O–H groups in total. The fraction of sp³-hybridized carbons (Fsp3) is 0.333. The van der Waals surface area contributed by atoms with Gasteiger partial charge in [-0.25, -0.2) is 18.7 Å². The summed E-state index contributed by atoms with van der Waals surface area (Å²) in [5.74, 6) is -0.884. The summed E-state index contributed by atoms with van der Waals surface area (Å²) in [5.41, 5.74) is 3.81. The third-order valence-electron chi connectivity index (χ3n) is 5.94. The summed E-state index contributed by atoms with van der Waals surface area (Å²) in [5, 5.41) is 4.87. The maximum atomic E-state index is 14.8. The molecule has 4 heterocycles. The quantitative estimate of drug-likeness (QED) is 0.464. The van der Waals surface area contributed by atoms with Crippen molar-refractivity contribution >= 4 is 17.0 Å². The smallest absolute Gasteiger partial charge is 0.228 e. The van der Waals surface area contributed by atoms with Gasteiger partial charge in [0.2, 0.25) is 5.95 Å². The Kier molecular flexibility index (Phi) is 5.28. The topological polar surface area (TPSA) is 69.0 Å². The van der Waals surface area contributed by atoms with Crippen LogP contribution in [0.2, 0.25) is 0 Å². The average molecular weight is 450 g/mol. The molecule has 9 heteroatoms. The zero-order valence-electron chi connectivity index (χ0n) is 18.9. The van der Waals surface area contributed by atoms with E-state index >= 15 is 0 Å². The monoisotopic (exact) mass is 450 g/mol. The predicted octanol–water partition coefficient (Wildman–Crippen LogP) is 4.29. The largest absolute Gasteiger partial charge is 0.367 e. The molecule has 0 aliphatic carbocycles. The number of hydrogen-bond acceptors (Lipinski definition) is 6. The molecule has 5 rings (SSSR count). The van der Waals surface area contributed by atoms with Gasteiger partial charge in [0, 0.05) is 48.1 Å². The summed E-state index contributed by atoms with van der Waals surface area (Å²) in [7, 11) is 1.86. The normalized spacial score (nSPS) is 18.8. The number of pyridine rings is 1. The van der Waals surface area contributed by atoms with Crippen LogP contribution in [-0.4, -0.2) is 43.9 Å². The number of aromatic nitrogens is 5. The molecule has 0 spiro atoms. The van der Waals surface area contributed by atoms with E-state index in [1.54, 1.807) is 10.9 Å². The number of anilines is 1. The van der Waals surface area contributed by atoms with Crippen LogP contribution in [0.15, 0.2) is 36.7 Å². The van der Waals surface area contributed by atoms with Crippen LogP contribution < -0.4 is 4.90 Å². The highest BCUT2D eigenvalue weighted by Gasteiger charge is 2.30. The van der Waals surface area contributed by atoms with Gasteiger partial charge in [-0.1, -0.05) is 0 Å². The highest BCUT2D eigenvalue weighted by atomic mass is 19.1. The molecule has 1 aliphatic heterocycles. The van der Waals surface area contributed by atoms with Crippen LogP contribution in [0, 0.1) is 25.5 Å². The molecule has 0 radical (unpaired) electrons. The zero-order chi connectivity index (χ0) is 23.3. The van der Waals surface area contributed by atoms with Gasteiger partial charge < -0.3 is 9.64 Å². The number of morpholine rings is 1. The second-order valence-electron chi connectivity index (χ2n) is 8.55. The van der Waals surface area contributed by atoms with Crippen molar-refractivity contribution in [3.8, 4) is 11.3 Å². The van der Waals surface area contributed by atoms with E-state index in [1.807, 2.05) is 45.0 Å². The molecule has 1 aliphatic rings. The van der Waals surface area contributed by atoms with E-state index in [0.29, 0.717) is 35.8 Å². The second-order valence-corrected chi connectivity index (χ2v) is 8.55. The molecule has 33 heavy (non-hydrogen) atoms. The number of halogens is 2. The van der Waals surface area contributed by atoms with Crippen LogP contribution in [0.4, 0.5) is 14.7 Å². The van der Waals surface area contributed by atoms with E-state index < -0.39 is 11.6 Å². The summed E-state index contributed by atoms with van der Waals surface area (Å²) in [6.45, 7) is 6.91. The number of benzene rings is 1. The standard InChI is InChI=1S/C24H24F2N6O/c1-13-7-19-22(18-6-5-17(25)8-20(18)26)29-24(30-23(19)28-15(13)3)32-10-14(2)33-21(12-32)16-9-27-31(4)11-16/h5-9,11,14,21H,10,12H2,1-4H3. The lowest BCUT2D eigenvalue weighted by atomic mass is 10.1. The Bertz CT molecular complexity index is 1350. The van der Waals surface area contributed by atoms with Gasteiger partial charge in [0.1, 0.15) is 17.7 Å². The van der Waals surface area contributed by atoms with Gasteiger partial charge in [0.25, 0.3) is 0 Å². The molecule has 1 aromatic carbocycles. The molecule has 7 nitrogen and oxygen atoms in total. The number of hydrogen-bond donors (Lipinski definition) is 0. The van der Waals surface area contributed by atoms with Crippen molar-refractivity contribution in [1.29, 1.82) is 0 Å². The highest BCUT2D eigenvalue weighted by molar-refractivity contribution is 5.92. The summed E-state index contributed by atoms with van der Waals surface area (Å²) in [6, 6.07) is 5.41. The summed E-state index contributed by atoms with van der Waals surface area (Å²) < 4.78 is 36.3. The molecule has 2 atom stereocenters. The van der Waals surface area contributed by atoms with Crippen LogP contribution in [-0.2, 0) is 11.8 Å². The molecule has 2 unspecified atom stereocenters. The minimum absolute atomic E-state index is 0.0815. The van der Waals surface area contributed by atoms with E-state index in [4.69, 9.17) is 14.7 Å². The van der Waals surface area contributed by atoms with Crippen LogP contribution in [0.3, 0.4) is 0 Å². The summed E-state index contributed by atoms with van der Waals surface area (Å²) in [6.07, 6.45) is 3.42. The van der Waals surface area contributed by atoms with Gasteiger partial charge in [0.05, 0.1) is 24.5 Å². The lowest BCUT2D eigenvalue weighted by Gasteiger charge is -2.36. The van der Waals surface area contributed by atoms with Crippen LogP contribution in [0.1, 0.15) is 29.8 Å². The van der Waals surface area contributed by atoms with Gasteiger partial charge in [-0.05, 0) is 44.5 Å². The van der Waals surface area contributed by atoms with Crippen molar-refractivity contribution in [3.05, 3.63) is 65.1 Å². The third-order valence-corrected chi connectivity index (χ3v) is 5.94. The van der Waals surface area contributed by atoms with Crippen LogP contribution in [0.25, 0.3) is 22.3 Å². The molecule has 0 bridgehead atoms. The average Bonchev–Trinajstić information content (AvgIpc) is 3.20. The first kappa shape index (κ1) is 21.4. The predicted molar refractivity (Wildman–Crippen MR) is 121 cm³/mol. The van der Waals surface area contributed by atoms with E-state index in [9.17, 15) is 8.78 Å². The highest BCUT2D eigenvalue weighted by Crippen LogP contribution is 2.33. The number of rotatable bonds is 3. The minimum Gasteiger partial charge on any atom is -0.367 e. The molecule has 1 fully saturated rings. The first-order chi connectivity index (χ1) is 15.8. The zero-order valence-corrected chi connectivity index (χ0v) is 18.9. The summed E-state index contributed by atoms with van der Waals surface area (Å²) in [4.78, 5) is 16.2. The van der Waals surface area contributed by atoms with Crippen molar-refractivity contribution < 1.29 is 13.5 Å². The third kappa shape index (κ3) is 4.04. The first-order valence-electron chi connectivity index (χ1n) is 10.8. The molecular weight excluding hydrogens is 426 g/mol. The van der Waals surface area contributed by atoms with Crippen molar-refractivity contribution in [1.82, 2.24) is 24.7 Å². The van der Waals surface area contributed by atoms with Gasteiger partial charge in [-0.2, -0.15) is 10.1 Å². The van der Waals surface area contributed by atoms with Gasteiger partial charge in [-0.15, -0.1) is 0 Å². The van der Waals surface area contributed by atoms with Gasteiger partial charge >= 0.3 is 0 Å². The Morgan fingerprint density at radius 2 is 1.88 bits per heavy atom. The van der Waals surface area contributed by atoms with Crippen molar-refractivity contribution in [2.24, 2.45) is 7.05 Å². The van der Waals surface area contributed by atoms with Gasteiger partial charge in [-0.3, -0.25) is 4.68 Å². The fourth-order valence-electron chi connectivity index (χ4n) is 4.17. The van der Waals surface area contributed by atoms with Crippen molar-refractivity contribution in [3.63, 3.8) is 0 Å². The maximum Gasteiger partial charge on any atom is 0.228 e. The van der Waals surface area contributed by atoms with E-state index in [1.165, 1.54) is 12.1 Å². The van der Waals surface area contributed by atoms with E-state index in [-0.39, 0.29) is 17.8 Å². The minimum atomic E-state index is -0.678. The SMILES string of the molecule is Cc1cc2c(-c3ccc(F)cc3F)nc(N3CC(C)OC(c4cnn(C)c4)C3)nc2nc1C. The molecule has 4 aromatic rings. The van der Waals surface area contributed by atoms with E-state index in [0.717, 1.165) is 22.9 Å². The Hall–Kier alpha value is -3.46. The number of fused-ring (bicyclic) bond motifs is 1. The lowest BCUT2D eigenvalue weighted by molar-refractivity contribution is -0.0178. The Balaban J connectivity index is 1.64. The van der Waals surface area contributed by atoms with Crippen molar-refractivity contribution in [2.45, 2.75) is 33.0 Å². The molecule has 0 amide bonds. The second kappa shape index (κ2) is 8.15. The molecular formula is C24H24F2N6O. The number of aryl methyl sites for hydroxylation is 3. The van der Waals surface area contributed by atoms with Crippen LogP contribution >= 0.6 is 0 Å². The Labute approximate surface area is 190 Å². The fourth-order valence-corrected chi connectivity index (χ4v) is 4.17. The Morgan fingerprint density at radius 3 is 2.61 bits per heavy atom. The number of ether oxygens (including phenoxy) is 1.